The summed E-state index contributed by atoms with van der Waals surface area (Å²) in [7, 11) is 0. The normalized spacial score (nSPS) is 45.4. The fourth-order valence-corrected chi connectivity index (χ4v) is 8.52. The van der Waals surface area contributed by atoms with Crippen LogP contribution >= 0.6 is 0 Å². The molecule has 4 rings (SSSR count). The van der Waals surface area contributed by atoms with Crippen molar-refractivity contribution in [1.29, 1.82) is 0 Å². The van der Waals surface area contributed by atoms with E-state index in [1.54, 1.807) is 0 Å². The number of Topliss-reactive ketones (excluding diaryl/α,β-unsaturated/α-hetero) is 1. The molecule has 2 nitrogen and oxygen atoms in total. The van der Waals surface area contributed by atoms with Crippen molar-refractivity contribution >= 4 is 5.78 Å². The van der Waals surface area contributed by atoms with E-state index in [4.69, 9.17) is 0 Å². The second-order valence-corrected chi connectivity index (χ2v) is 12.2. The summed E-state index contributed by atoms with van der Waals surface area (Å²) in [6.45, 7) is 12.1. The van der Waals surface area contributed by atoms with Crippen LogP contribution in [0.3, 0.4) is 0 Å². The molecule has 2 heteroatoms. The summed E-state index contributed by atoms with van der Waals surface area (Å²) in [4.78, 5) is 12.1. The molecule has 0 aromatic carbocycles. The molecule has 8 atom stereocenters. The van der Waals surface area contributed by atoms with Crippen molar-refractivity contribution in [3.05, 3.63) is 11.6 Å². The Labute approximate surface area is 178 Å². The second kappa shape index (κ2) is 7.81. The molecule has 0 aromatic rings. The van der Waals surface area contributed by atoms with Crippen LogP contribution in [0.1, 0.15) is 98.8 Å². The first-order valence-corrected chi connectivity index (χ1v) is 12.6. The SMILES string of the molecule is CC(C)CCC[C@@H](C)[C@H]1C[C@H](O)[C@H]2[C@@H]3CC=C4CC(=O)CC[C@]4(C)[C@H]3CC[C@@]21C. The summed E-state index contributed by atoms with van der Waals surface area (Å²) in [6.07, 6.45) is 13.4. The van der Waals surface area contributed by atoms with Crippen molar-refractivity contribution in [2.75, 3.05) is 0 Å². The van der Waals surface area contributed by atoms with Gasteiger partial charge in [-0.2, -0.15) is 0 Å². The minimum Gasteiger partial charge on any atom is -0.393 e. The molecule has 4 aliphatic rings. The standard InChI is InChI=1S/C27H44O2/c1-17(2)7-6-8-18(3)23-16-24(29)25-21-10-9-19-15-20(28)11-13-26(19,4)22(21)12-14-27(23,25)5/h9,17-18,21-25,29H,6-8,10-16H2,1-5H3/t18-,21-,22+,23-,24+,25-,26+,27-/m1/s1. The summed E-state index contributed by atoms with van der Waals surface area (Å²) in [6, 6.07) is 0. The molecule has 4 aliphatic carbocycles. The number of ketones is 1. The molecule has 1 N–H and O–H groups in total. The van der Waals surface area contributed by atoms with Crippen LogP contribution in [0.15, 0.2) is 11.6 Å². The Hall–Kier alpha value is -0.630. The largest absolute Gasteiger partial charge is 0.393 e. The zero-order chi connectivity index (χ0) is 21.0. The average molecular weight is 401 g/mol. The van der Waals surface area contributed by atoms with Crippen LogP contribution in [0, 0.1) is 46.3 Å². The van der Waals surface area contributed by atoms with E-state index in [-0.39, 0.29) is 11.5 Å². The van der Waals surface area contributed by atoms with Gasteiger partial charge >= 0.3 is 0 Å². The molecule has 0 bridgehead atoms. The number of rotatable bonds is 5. The summed E-state index contributed by atoms with van der Waals surface area (Å²) in [5.74, 6) is 4.34. The first-order valence-electron chi connectivity index (χ1n) is 12.6. The van der Waals surface area contributed by atoms with Crippen molar-refractivity contribution in [3.63, 3.8) is 0 Å². The van der Waals surface area contributed by atoms with Gasteiger partial charge in [-0.15, -0.1) is 0 Å². The molecule has 164 valence electrons. The zero-order valence-corrected chi connectivity index (χ0v) is 19.5. The number of aliphatic hydroxyl groups is 1. The van der Waals surface area contributed by atoms with Crippen LogP contribution in [-0.2, 0) is 4.79 Å². The van der Waals surface area contributed by atoms with Gasteiger partial charge in [0.05, 0.1) is 6.10 Å². The number of aliphatic hydroxyl groups excluding tert-OH is 1. The fraction of sp³-hybridized carbons (Fsp3) is 0.889. The second-order valence-electron chi connectivity index (χ2n) is 12.2. The quantitative estimate of drug-likeness (QED) is 0.530. The first-order chi connectivity index (χ1) is 13.7. The third-order valence-electron chi connectivity index (χ3n) is 10.1. The predicted molar refractivity (Wildman–Crippen MR) is 119 cm³/mol. The van der Waals surface area contributed by atoms with E-state index in [1.807, 2.05) is 0 Å². The van der Waals surface area contributed by atoms with Gasteiger partial charge in [0.15, 0.2) is 0 Å². The molecular weight excluding hydrogens is 356 g/mol. The topological polar surface area (TPSA) is 37.3 Å². The molecule has 3 saturated carbocycles. The van der Waals surface area contributed by atoms with Crippen molar-refractivity contribution in [2.24, 2.45) is 46.3 Å². The Morgan fingerprint density at radius 1 is 1.17 bits per heavy atom. The summed E-state index contributed by atoms with van der Waals surface area (Å²) in [5.41, 5.74) is 1.94. The first kappa shape index (κ1) is 21.6. The average Bonchev–Trinajstić information content (AvgIpc) is 2.93. The number of fused-ring (bicyclic) bond motifs is 5. The molecule has 0 saturated heterocycles. The van der Waals surface area contributed by atoms with Gasteiger partial charge in [-0.1, -0.05) is 65.5 Å². The maximum absolute atomic E-state index is 12.1. The molecular formula is C27H44O2. The smallest absolute Gasteiger partial charge is 0.136 e. The number of carbonyl (C=O) groups is 1. The predicted octanol–water partition coefficient (Wildman–Crippen LogP) is 6.57. The Kier molecular flexibility index (Phi) is 5.82. The Bertz CT molecular complexity index is 663. The van der Waals surface area contributed by atoms with Gasteiger partial charge in [-0.25, -0.2) is 0 Å². The van der Waals surface area contributed by atoms with Crippen LogP contribution in [0.4, 0.5) is 0 Å². The van der Waals surface area contributed by atoms with Crippen LogP contribution in [0.2, 0.25) is 0 Å². The lowest BCUT2D eigenvalue weighted by Gasteiger charge is -2.58. The summed E-state index contributed by atoms with van der Waals surface area (Å²) < 4.78 is 0. The van der Waals surface area contributed by atoms with Gasteiger partial charge in [-0.3, -0.25) is 4.79 Å². The van der Waals surface area contributed by atoms with Crippen molar-refractivity contribution in [3.8, 4) is 0 Å². The minimum atomic E-state index is -0.130. The molecule has 0 amide bonds. The van der Waals surface area contributed by atoms with Gasteiger partial charge in [0.25, 0.3) is 0 Å². The van der Waals surface area contributed by atoms with Crippen LogP contribution < -0.4 is 0 Å². The van der Waals surface area contributed by atoms with E-state index in [1.165, 1.54) is 37.7 Å². The van der Waals surface area contributed by atoms with E-state index in [0.29, 0.717) is 47.2 Å². The Balaban J connectivity index is 1.54. The van der Waals surface area contributed by atoms with E-state index < -0.39 is 0 Å². The monoisotopic (exact) mass is 400 g/mol. The lowest BCUT2D eigenvalue weighted by Crippen LogP contribution is -2.52. The number of allylic oxidation sites excluding steroid dienone is 2. The molecule has 0 aromatic heterocycles. The lowest BCUT2D eigenvalue weighted by atomic mass is 9.47. The maximum atomic E-state index is 12.1. The highest BCUT2D eigenvalue weighted by atomic mass is 16.3. The third-order valence-corrected chi connectivity index (χ3v) is 10.1. The van der Waals surface area contributed by atoms with Crippen LogP contribution in [0.5, 0.6) is 0 Å². The Morgan fingerprint density at radius 3 is 2.66 bits per heavy atom. The summed E-state index contributed by atoms with van der Waals surface area (Å²) in [5, 5.41) is 11.3. The number of carbonyl (C=O) groups excluding carboxylic acids is 1. The molecule has 29 heavy (non-hydrogen) atoms. The van der Waals surface area contributed by atoms with E-state index >= 15 is 0 Å². The molecule has 0 unspecified atom stereocenters. The molecule has 0 radical (unpaired) electrons. The number of hydrogen-bond acceptors (Lipinski definition) is 2. The van der Waals surface area contributed by atoms with Crippen LogP contribution in [-0.4, -0.2) is 17.0 Å². The highest BCUT2D eigenvalue weighted by Crippen LogP contribution is 2.67. The molecule has 0 aliphatic heterocycles. The highest BCUT2D eigenvalue weighted by Gasteiger charge is 2.61. The molecule has 0 spiro atoms. The van der Waals surface area contributed by atoms with E-state index in [2.05, 4.69) is 40.7 Å². The minimum absolute atomic E-state index is 0.130. The molecule has 0 heterocycles. The van der Waals surface area contributed by atoms with Crippen molar-refractivity contribution in [2.45, 2.75) is 105 Å². The van der Waals surface area contributed by atoms with Gasteiger partial charge in [-0.05, 0) is 78.4 Å². The fourth-order valence-electron chi connectivity index (χ4n) is 8.52. The van der Waals surface area contributed by atoms with Crippen LogP contribution in [0.25, 0.3) is 0 Å². The van der Waals surface area contributed by atoms with Gasteiger partial charge in [0.2, 0.25) is 0 Å². The lowest BCUT2D eigenvalue weighted by molar-refractivity contribution is -0.123. The molecule has 3 fully saturated rings. The van der Waals surface area contributed by atoms with Gasteiger partial charge < -0.3 is 5.11 Å². The van der Waals surface area contributed by atoms with E-state index in [9.17, 15) is 9.90 Å². The number of hydrogen-bond donors (Lipinski definition) is 1. The van der Waals surface area contributed by atoms with E-state index in [0.717, 1.165) is 31.6 Å². The highest BCUT2D eigenvalue weighted by molar-refractivity contribution is 5.82. The van der Waals surface area contributed by atoms with Crippen molar-refractivity contribution in [1.82, 2.24) is 0 Å². The van der Waals surface area contributed by atoms with Gasteiger partial charge in [0.1, 0.15) is 5.78 Å². The van der Waals surface area contributed by atoms with Gasteiger partial charge in [0, 0.05) is 12.8 Å². The summed E-state index contributed by atoms with van der Waals surface area (Å²) >= 11 is 0. The third kappa shape index (κ3) is 3.56. The maximum Gasteiger partial charge on any atom is 0.136 e. The Morgan fingerprint density at radius 2 is 1.93 bits per heavy atom. The zero-order valence-electron chi connectivity index (χ0n) is 19.5. The van der Waals surface area contributed by atoms with Crippen molar-refractivity contribution < 1.29 is 9.90 Å².